The molecule has 2 heterocycles. The van der Waals surface area contributed by atoms with Crippen LogP contribution in [0.5, 0.6) is 11.5 Å². The number of Topliss-reactive ketones (excluding diaryl/α,β-unsaturated/α-hetero) is 1. The smallest absolute Gasteiger partial charge is 0.342 e. The standard InChI is InChI=1S/C17H16O7/c1-10-13(7-12(8-18)24-10)17(20)23-9-14(19)11-2-3-15-16(6-11)22-5-4-21-15/h2-3,6-7,18H,4-5,8-9H2,1H3. The minimum Gasteiger partial charge on any atom is -0.486 e. The lowest BCUT2D eigenvalue weighted by Crippen LogP contribution is -2.17. The van der Waals surface area contributed by atoms with Gasteiger partial charge in [0.05, 0.1) is 0 Å². The highest BCUT2D eigenvalue weighted by molar-refractivity contribution is 6.00. The summed E-state index contributed by atoms with van der Waals surface area (Å²) in [5.41, 5.74) is 0.557. The topological polar surface area (TPSA) is 95.2 Å². The number of fused-ring (bicyclic) bond motifs is 1. The molecule has 7 heteroatoms. The second-order valence-corrected chi connectivity index (χ2v) is 5.20. The number of aliphatic hydroxyl groups is 1. The molecule has 0 saturated carbocycles. The first kappa shape index (κ1) is 16.1. The van der Waals surface area contributed by atoms with Gasteiger partial charge in [-0.05, 0) is 31.2 Å². The predicted molar refractivity (Wildman–Crippen MR) is 81.4 cm³/mol. The molecule has 0 radical (unpaired) electrons. The number of rotatable bonds is 5. The van der Waals surface area contributed by atoms with E-state index in [-0.39, 0.29) is 23.7 Å². The molecule has 2 aromatic rings. The van der Waals surface area contributed by atoms with Crippen LogP contribution in [0.15, 0.2) is 28.7 Å². The highest BCUT2D eigenvalue weighted by Crippen LogP contribution is 2.30. The summed E-state index contributed by atoms with van der Waals surface area (Å²) >= 11 is 0. The molecule has 0 amide bonds. The molecule has 0 unspecified atom stereocenters. The zero-order chi connectivity index (χ0) is 17.1. The Morgan fingerprint density at radius 1 is 1.17 bits per heavy atom. The van der Waals surface area contributed by atoms with Gasteiger partial charge in [-0.15, -0.1) is 0 Å². The maximum absolute atomic E-state index is 12.2. The van der Waals surface area contributed by atoms with Crippen molar-refractivity contribution in [2.24, 2.45) is 0 Å². The molecule has 7 nitrogen and oxygen atoms in total. The average Bonchev–Trinajstić information content (AvgIpc) is 3.00. The number of hydrogen-bond donors (Lipinski definition) is 1. The van der Waals surface area contributed by atoms with Gasteiger partial charge in [0.25, 0.3) is 0 Å². The summed E-state index contributed by atoms with van der Waals surface area (Å²) in [4.78, 5) is 24.2. The molecule has 3 rings (SSSR count). The predicted octanol–water partition coefficient (Wildman–Crippen LogP) is 1.89. The monoisotopic (exact) mass is 332 g/mol. The Labute approximate surface area is 137 Å². The fraction of sp³-hybridized carbons (Fsp3) is 0.294. The Morgan fingerprint density at radius 3 is 2.62 bits per heavy atom. The van der Waals surface area contributed by atoms with Crippen LogP contribution in [-0.2, 0) is 11.3 Å². The minimum absolute atomic E-state index is 0.189. The summed E-state index contributed by atoms with van der Waals surface area (Å²) < 4.78 is 21.0. The zero-order valence-electron chi connectivity index (χ0n) is 13.0. The van der Waals surface area contributed by atoms with Gasteiger partial charge < -0.3 is 23.7 Å². The van der Waals surface area contributed by atoms with Gasteiger partial charge in [0.2, 0.25) is 0 Å². The molecule has 1 aliphatic rings. The Bertz CT molecular complexity index is 775. The lowest BCUT2D eigenvalue weighted by atomic mass is 10.1. The van der Waals surface area contributed by atoms with Gasteiger partial charge in [0.1, 0.15) is 36.9 Å². The van der Waals surface area contributed by atoms with Crippen LogP contribution in [0.3, 0.4) is 0 Å². The fourth-order valence-corrected chi connectivity index (χ4v) is 2.33. The van der Waals surface area contributed by atoms with Crippen molar-refractivity contribution in [3.05, 3.63) is 46.9 Å². The Morgan fingerprint density at radius 2 is 1.92 bits per heavy atom. The van der Waals surface area contributed by atoms with Crippen LogP contribution >= 0.6 is 0 Å². The van der Waals surface area contributed by atoms with Gasteiger partial charge in [-0.25, -0.2) is 4.79 Å². The number of furan rings is 1. The molecule has 0 spiro atoms. The summed E-state index contributed by atoms with van der Waals surface area (Å²) in [5.74, 6) is 0.635. The van der Waals surface area contributed by atoms with Crippen LogP contribution in [0.1, 0.15) is 32.2 Å². The van der Waals surface area contributed by atoms with Gasteiger partial charge in [-0.3, -0.25) is 4.79 Å². The van der Waals surface area contributed by atoms with Gasteiger partial charge in [0.15, 0.2) is 23.9 Å². The highest BCUT2D eigenvalue weighted by Gasteiger charge is 2.19. The van der Waals surface area contributed by atoms with Crippen molar-refractivity contribution < 1.29 is 33.3 Å². The molecule has 0 bridgehead atoms. The maximum atomic E-state index is 12.2. The summed E-state index contributed by atoms with van der Waals surface area (Å²) in [6.45, 7) is 1.75. The molecule has 1 N–H and O–H groups in total. The number of ketones is 1. The van der Waals surface area contributed by atoms with Crippen LogP contribution in [0.2, 0.25) is 0 Å². The third kappa shape index (κ3) is 3.26. The van der Waals surface area contributed by atoms with Crippen molar-refractivity contribution in [3.63, 3.8) is 0 Å². The molecule has 0 fully saturated rings. The molecule has 0 saturated heterocycles. The van der Waals surface area contributed by atoms with E-state index in [2.05, 4.69) is 0 Å². The first-order valence-corrected chi connectivity index (χ1v) is 7.38. The van der Waals surface area contributed by atoms with Gasteiger partial charge in [0, 0.05) is 5.56 Å². The molecule has 126 valence electrons. The van der Waals surface area contributed by atoms with Crippen LogP contribution < -0.4 is 9.47 Å². The third-order valence-corrected chi connectivity index (χ3v) is 3.54. The summed E-state index contributed by atoms with van der Waals surface area (Å²) in [6, 6.07) is 6.21. The molecular formula is C17H16O7. The first-order valence-electron chi connectivity index (χ1n) is 7.38. The number of aliphatic hydroxyl groups excluding tert-OH is 1. The Kier molecular flexibility index (Phi) is 4.52. The Hall–Kier alpha value is -2.80. The summed E-state index contributed by atoms with van der Waals surface area (Å²) in [7, 11) is 0. The number of carbonyl (C=O) groups excluding carboxylic acids is 2. The summed E-state index contributed by atoms with van der Waals surface area (Å²) in [6.07, 6.45) is 0. The first-order chi connectivity index (χ1) is 11.6. The van der Waals surface area contributed by atoms with Crippen molar-refractivity contribution in [3.8, 4) is 11.5 Å². The van der Waals surface area contributed by atoms with Crippen molar-refractivity contribution in [2.45, 2.75) is 13.5 Å². The van der Waals surface area contributed by atoms with Gasteiger partial charge >= 0.3 is 5.97 Å². The minimum atomic E-state index is -0.679. The molecule has 1 aromatic carbocycles. The third-order valence-electron chi connectivity index (χ3n) is 3.54. The maximum Gasteiger partial charge on any atom is 0.342 e. The zero-order valence-corrected chi connectivity index (χ0v) is 13.0. The number of benzene rings is 1. The summed E-state index contributed by atoms with van der Waals surface area (Å²) in [5, 5.41) is 9.00. The lowest BCUT2D eigenvalue weighted by molar-refractivity contribution is 0.0473. The highest BCUT2D eigenvalue weighted by atomic mass is 16.6. The molecule has 1 aliphatic heterocycles. The van der Waals surface area contributed by atoms with Gasteiger partial charge in [-0.1, -0.05) is 0 Å². The van der Waals surface area contributed by atoms with Crippen molar-refractivity contribution in [2.75, 3.05) is 19.8 Å². The van der Waals surface area contributed by atoms with E-state index in [0.717, 1.165) is 0 Å². The molecule has 24 heavy (non-hydrogen) atoms. The normalized spacial score (nSPS) is 12.8. The van der Waals surface area contributed by atoms with Crippen LogP contribution in [0.4, 0.5) is 0 Å². The quantitative estimate of drug-likeness (QED) is 0.660. The number of esters is 1. The number of ether oxygens (including phenoxy) is 3. The molecule has 0 atom stereocenters. The van der Waals surface area contributed by atoms with Crippen LogP contribution in [-0.4, -0.2) is 36.7 Å². The molecular weight excluding hydrogens is 316 g/mol. The molecule has 1 aromatic heterocycles. The van der Waals surface area contributed by atoms with E-state index in [1.165, 1.54) is 6.07 Å². The van der Waals surface area contributed by atoms with E-state index >= 15 is 0 Å². The van der Waals surface area contributed by atoms with Crippen LogP contribution in [0.25, 0.3) is 0 Å². The number of hydrogen-bond acceptors (Lipinski definition) is 7. The van der Waals surface area contributed by atoms with Crippen molar-refractivity contribution in [1.29, 1.82) is 0 Å². The molecule has 0 aliphatic carbocycles. The SMILES string of the molecule is Cc1oc(CO)cc1C(=O)OCC(=O)c1ccc2c(c1)OCCO2. The van der Waals surface area contributed by atoms with Crippen molar-refractivity contribution >= 4 is 11.8 Å². The van der Waals surface area contributed by atoms with E-state index in [1.807, 2.05) is 0 Å². The van der Waals surface area contributed by atoms with E-state index in [1.54, 1.807) is 25.1 Å². The van der Waals surface area contributed by atoms with E-state index in [9.17, 15) is 9.59 Å². The lowest BCUT2D eigenvalue weighted by Gasteiger charge is -2.18. The second-order valence-electron chi connectivity index (χ2n) is 5.20. The second kappa shape index (κ2) is 6.76. The average molecular weight is 332 g/mol. The van der Waals surface area contributed by atoms with E-state index < -0.39 is 12.6 Å². The van der Waals surface area contributed by atoms with Gasteiger partial charge in [-0.2, -0.15) is 0 Å². The van der Waals surface area contributed by atoms with Crippen LogP contribution in [0, 0.1) is 6.92 Å². The van der Waals surface area contributed by atoms with E-state index in [4.69, 9.17) is 23.7 Å². The fourth-order valence-electron chi connectivity index (χ4n) is 2.33. The largest absolute Gasteiger partial charge is 0.486 e. The number of carbonyl (C=O) groups is 2. The van der Waals surface area contributed by atoms with Crippen molar-refractivity contribution in [1.82, 2.24) is 0 Å². The number of aryl methyl sites for hydroxylation is 1. The van der Waals surface area contributed by atoms with E-state index in [0.29, 0.717) is 36.0 Å². The Balaban J connectivity index is 1.64.